The van der Waals surface area contributed by atoms with Crippen LogP contribution in [-0.4, -0.2) is 43.3 Å². The molecule has 1 atom stereocenters. The highest BCUT2D eigenvalue weighted by molar-refractivity contribution is 4.84. The molecule has 0 radical (unpaired) electrons. The maximum Gasteiger partial charge on any atom is 0.0773 e. The summed E-state index contributed by atoms with van der Waals surface area (Å²) in [7, 11) is 1.74. The Morgan fingerprint density at radius 3 is 2.56 bits per heavy atom. The molecule has 1 heterocycles. The van der Waals surface area contributed by atoms with Crippen molar-refractivity contribution in [2.45, 2.75) is 65.0 Å². The van der Waals surface area contributed by atoms with Crippen molar-refractivity contribution >= 4 is 0 Å². The van der Waals surface area contributed by atoms with E-state index in [2.05, 4.69) is 32.6 Å². The number of methoxy groups -OCH3 is 1. The lowest BCUT2D eigenvalue weighted by Gasteiger charge is -2.32. The zero-order chi connectivity index (χ0) is 13.8. The van der Waals surface area contributed by atoms with Crippen LogP contribution in [0.5, 0.6) is 0 Å². The standard InChI is InChI=1S/C15H32N2O/c1-14(2)8-6-10-17(12-9-14)11-7-13(16)15(3,4)18-5/h13H,6-12,16H2,1-5H3. The summed E-state index contributed by atoms with van der Waals surface area (Å²) in [5.41, 5.74) is 6.52. The first-order valence-corrected chi connectivity index (χ1v) is 7.30. The van der Waals surface area contributed by atoms with E-state index >= 15 is 0 Å². The normalized spacial score (nSPS) is 23.7. The molecule has 3 nitrogen and oxygen atoms in total. The van der Waals surface area contributed by atoms with Crippen LogP contribution in [-0.2, 0) is 4.74 Å². The van der Waals surface area contributed by atoms with E-state index in [9.17, 15) is 0 Å². The summed E-state index contributed by atoms with van der Waals surface area (Å²) in [6.45, 7) is 12.5. The zero-order valence-electron chi connectivity index (χ0n) is 13.0. The van der Waals surface area contributed by atoms with Crippen LogP contribution in [0.25, 0.3) is 0 Å². The number of rotatable bonds is 5. The van der Waals surface area contributed by atoms with Gasteiger partial charge in [0.15, 0.2) is 0 Å². The Hall–Kier alpha value is -0.120. The van der Waals surface area contributed by atoms with Crippen molar-refractivity contribution in [2.24, 2.45) is 11.1 Å². The van der Waals surface area contributed by atoms with Gasteiger partial charge in [0.05, 0.1) is 5.60 Å². The lowest BCUT2D eigenvalue weighted by molar-refractivity contribution is -0.00369. The van der Waals surface area contributed by atoms with Crippen LogP contribution in [0.3, 0.4) is 0 Å². The predicted octanol–water partition coefficient (Wildman–Crippen LogP) is 2.64. The molecule has 0 aromatic heterocycles. The Morgan fingerprint density at radius 2 is 1.94 bits per heavy atom. The van der Waals surface area contributed by atoms with Crippen LogP contribution in [0, 0.1) is 5.41 Å². The first-order chi connectivity index (χ1) is 8.27. The molecule has 0 spiro atoms. The molecule has 1 fully saturated rings. The van der Waals surface area contributed by atoms with Crippen molar-refractivity contribution in [2.75, 3.05) is 26.7 Å². The molecule has 1 aliphatic rings. The predicted molar refractivity (Wildman–Crippen MR) is 77.8 cm³/mol. The molecule has 3 heteroatoms. The molecule has 1 rings (SSSR count). The molecule has 1 unspecified atom stereocenters. The van der Waals surface area contributed by atoms with Gasteiger partial charge in [0.25, 0.3) is 0 Å². The van der Waals surface area contributed by atoms with Crippen LogP contribution in [0.4, 0.5) is 0 Å². The molecule has 0 aromatic carbocycles. The van der Waals surface area contributed by atoms with Crippen LogP contribution in [0.15, 0.2) is 0 Å². The summed E-state index contributed by atoms with van der Waals surface area (Å²) in [6.07, 6.45) is 4.98. The zero-order valence-corrected chi connectivity index (χ0v) is 13.0. The maximum atomic E-state index is 6.22. The molecule has 108 valence electrons. The largest absolute Gasteiger partial charge is 0.377 e. The molecule has 2 N–H and O–H groups in total. The SMILES string of the molecule is COC(C)(C)C(N)CCN1CCCC(C)(C)CC1. The van der Waals surface area contributed by atoms with E-state index < -0.39 is 0 Å². The second kappa shape index (κ2) is 6.36. The van der Waals surface area contributed by atoms with Crippen LogP contribution in [0.1, 0.15) is 53.4 Å². The Kier molecular flexibility index (Phi) is 5.63. The van der Waals surface area contributed by atoms with E-state index in [0.29, 0.717) is 5.41 Å². The number of ether oxygens (including phenoxy) is 1. The lowest BCUT2D eigenvalue weighted by atomic mass is 9.85. The lowest BCUT2D eigenvalue weighted by Crippen LogP contribution is -2.46. The molecular weight excluding hydrogens is 224 g/mol. The van der Waals surface area contributed by atoms with Crippen LogP contribution >= 0.6 is 0 Å². The van der Waals surface area contributed by atoms with Gasteiger partial charge in [-0.1, -0.05) is 13.8 Å². The van der Waals surface area contributed by atoms with Gasteiger partial charge in [-0.2, -0.15) is 0 Å². The van der Waals surface area contributed by atoms with E-state index in [0.717, 1.165) is 13.0 Å². The van der Waals surface area contributed by atoms with Gasteiger partial charge < -0.3 is 15.4 Å². The molecular formula is C15H32N2O. The average molecular weight is 256 g/mol. The summed E-state index contributed by atoms with van der Waals surface area (Å²) >= 11 is 0. The summed E-state index contributed by atoms with van der Waals surface area (Å²) in [6, 6.07) is 0.110. The van der Waals surface area contributed by atoms with Crippen molar-refractivity contribution in [1.82, 2.24) is 4.90 Å². The molecule has 0 bridgehead atoms. The third-order valence-corrected chi connectivity index (χ3v) is 4.61. The molecule has 0 aromatic rings. The fourth-order valence-electron chi connectivity index (χ4n) is 2.52. The molecule has 0 amide bonds. The van der Waals surface area contributed by atoms with Gasteiger partial charge in [-0.05, 0) is 64.6 Å². The summed E-state index contributed by atoms with van der Waals surface area (Å²) < 4.78 is 5.45. The molecule has 1 aliphatic heterocycles. The Bertz CT molecular complexity index is 251. The summed E-state index contributed by atoms with van der Waals surface area (Å²) in [4.78, 5) is 2.57. The van der Waals surface area contributed by atoms with Gasteiger partial charge in [0.2, 0.25) is 0 Å². The molecule has 1 saturated heterocycles. The fraction of sp³-hybridized carbons (Fsp3) is 1.00. The van der Waals surface area contributed by atoms with Gasteiger partial charge in [-0.25, -0.2) is 0 Å². The molecule has 18 heavy (non-hydrogen) atoms. The molecule has 0 aliphatic carbocycles. The third kappa shape index (κ3) is 4.87. The van der Waals surface area contributed by atoms with Crippen LogP contribution < -0.4 is 5.73 Å². The summed E-state index contributed by atoms with van der Waals surface area (Å²) in [5, 5.41) is 0. The van der Waals surface area contributed by atoms with Crippen LogP contribution in [0.2, 0.25) is 0 Å². The Labute approximate surface area is 113 Å². The van der Waals surface area contributed by atoms with Crippen molar-refractivity contribution < 1.29 is 4.74 Å². The topological polar surface area (TPSA) is 38.5 Å². The average Bonchev–Trinajstić information content (AvgIpc) is 2.47. The number of nitrogens with two attached hydrogens (primary N) is 1. The minimum atomic E-state index is -0.217. The summed E-state index contributed by atoms with van der Waals surface area (Å²) in [5.74, 6) is 0. The van der Waals surface area contributed by atoms with Crippen molar-refractivity contribution in [3.8, 4) is 0 Å². The van der Waals surface area contributed by atoms with Gasteiger partial charge in [0, 0.05) is 13.2 Å². The van der Waals surface area contributed by atoms with Crippen molar-refractivity contribution in [1.29, 1.82) is 0 Å². The van der Waals surface area contributed by atoms with E-state index in [4.69, 9.17) is 10.5 Å². The smallest absolute Gasteiger partial charge is 0.0773 e. The quantitative estimate of drug-likeness (QED) is 0.822. The van der Waals surface area contributed by atoms with Gasteiger partial charge in [-0.15, -0.1) is 0 Å². The van der Waals surface area contributed by atoms with Crippen molar-refractivity contribution in [3.63, 3.8) is 0 Å². The Morgan fingerprint density at radius 1 is 1.28 bits per heavy atom. The third-order valence-electron chi connectivity index (χ3n) is 4.61. The first kappa shape index (κ1) is 15.9. The minimum Gasteiger partial charge on any atom is -0.377 e. The Balaban J connectivity index is 2.35. The van der Waals surface area contributed by atoms with E-state index in [1.165, 1.54) is 32.4 Å². The monoisotopic (exact) mass is 256 g/mol. The second-order valence-electron chi connectivity index (χ2n) is 7.06. The number of nitrogens with zero attached hydrogens (tertiary/aromatic N) is 1. The molecule has 0 saturated carbocycles. The maximum absolute atomic E-state index is 6.22. The van der Waals surface area contributed by atoms with E-state index in [1.807, 2.05) is 0 Å². The fourth-order valence-corrected chi connectivity index (χ4v) is 2.52. The van der Waals surface area contributed by atoms with E-state index in [-0.39, 0.29) is 11.6 Å². The highest BCUT2D eigenvalue weighted by Gasteiger charge is 2.27. The van der Waals surface area contributed by atoms with E-state index in [1.54, 1.807) is 7.11 Å². The second-order valence-corrected chi connectivity index (χ2v) is 7.06. The first-order valence-electron chi connectivity index (χ1n) is 7.30. The minimum absolute atomic E-state index is 0.110. The van der Waals surface area contributed by atoms with Crippen molar-refractivity contribution in [3.05, 3.63) is 0 Å². The number of likely N-dealkylation sites (tertiary alicyclic amines) is 1. The number of hydrogen-bond acceptors (Lipinski definition) is 3. The van der Waals surface area contributed by atoms with Gasteiger partial charge in [0.1, 0.15) is 0 Å². The number of hydrogen-bond donors (Lipinski definition) is 1. The highest BCUT2D eigenvalue weighted by Crippen LogP contribution is 2.29. The van der Waals surface area contributed by atoms with Gasteiger partial charge >= 0.3 is 0 Å². The highest BCUT2D eigenvalue weighted by atomic mass is 16.5. The van der Waals surface area contributed by atoms with Gasteiger partial charge in [-0.3, -0.25) is 0 Å².